The van der Waals surface area contributed by atoms with Crippen LogP contribution in [0.15, 0.2) is 12.4 Å². The van der Waals surface area contributed by atoms with Crippen LogP contribution in [0.2, 0.25) is 0 Å². The SMILES string of the molecule is CNc1cnc(C(=O)N2CCNC(=O)CC2)cn1. The van der Waals surface area contributed by atoms with Crippen molar-refractivity contribution in [2.24, 2.45) is 0 Å². The summed E-state index contributed by atoms with van der Waals surface area (Å²) in [5.41, 5.74) is 0.295. The van der Waals surface area contributed by atoms with Crippen LogP contribution < -0.4 is 10.6 Å². The molecular formula is C11H15N5O2. The molecule has 7 nitrogen and oxygen atoms in total. The number of carbonyl (C=O) groups is 2. The standard InChI is InChI=1S/C11H15N5O2/c1-12-9-7-14-8(6-15-9)11(18)16-4-2-10(17)13-3-5-16/h6-7H,2-5H2,1H3,(H,12,15)(H,13,17). The average Bonchev–Trinajstić information content (AvgIpc) is 2.63. The molecule has 0 atom stereocenters. The lowest BCUT2D eigenvalue weighted by atomic mass is 10.3. The molecule has 1 aromatic heterocycles. The number of aromatic nitrogens is 2. The zero-order chi connectivity index (χ0) is 13.0. The Bertz CT molecular complexity index is 445. The Morgan fingerprint density at radius 2 is 2.22 bits per heavy atom. The van der Waals surface area contributed by atoms with Crippen molar-refractivity contribution in [2.45, 2.75) is 6.42 Å². The van der Waals surface area contributed by atoms with Crippen LogP contribution in [0, 0.1) is 0 Å². The van der Waals surface area contributed by atoms with Crippen molar-refractivity contribution in [2.75, 3.05) is 32.0 Å². The summed E-state index contributed by atoms with van der Waals surface area (Å²) in [7, 11) is 1.73. The third-order valence-corrected chi connectivity index (χ3v) is 2.73. The van der Waals surface area contributed by atoms with Gasteiger partial charge in [-0.2, -0.15) is 0 Å². The predicted octanol–water partition coefficient (Wildman–Crippen LogP) is -0.520. The van der Waals surface area contributed by atoms with E-state index in [1.54, 1.807) is 11.9 Å². The molecule has 1 aliphatic heterocycles. The van der Waals surface area contributed by atoms with Crippen LogP contribution in [-0.2, 0) is 4.79 Å². The van der Waals surface area contributed by atoms with Crippen molar-refractivity contribution >= 4 is 17.6 Å². The van der Waals surface area contributed by atoms with Gasteiger partial charge in [0.15, 0.2) is 0 Å². The highest BCUT2D eigenvalue weighted by Crippen LogP contribution is 2.05. The van der Waals surface area contributed by atoms with Crippen LogP contribution in [0.1, 0.15) is 16.9 Å². The van der Waals surface area contributed by atoms with Gasteiger partial charge in [-0.15, -0.1) is 0 Å². The van der Waals surface area contributed by atoms with Crippen molar-refractivity contribution in [3.8, 4) is 0 Å². The van der Waals surface area contributed by atoms with Crippen molar-refractivity contribution in [3.05, 3.63) is 18.1 Å². The lowest BCUT2D eigenvalue weighted by Crippen LogP contribution is -2.34. The van der Waals surface area contributed by atoms with Gasteiger partial charge < -0.3 is 15.5 Å². The summed E-state index contributed by atoms with van der Waals surface area (Å²) in [6, 6.07) is 0. The number of nitrogens with zero attached hydrogens (tertiary/aromatic N) is 3. The molecule has 0 aromatic carbocycles. The smallest absolute Gasteiger partial charge is 0.274 e. The number of carbonyl (C=O) groups excluding carboxylic acids is 2. The van der Waals surface area contributed by atoms with Gasteiger partial charge in [-0.05, 0) is 0 Å². The van der Waals surface area contributed by atoms with E-state index >= 15 is 0 Å². The quantitative estimate of drug-likeness (QED) is 0.736. The van der Waals surface area contributed by atoms with Gasteiger partial charge in [0, 0.05) is 33.1 Å². The third kappa shape index (κ3) is 2.73. The van der Waals surface area contributed by atoms with E-state index in [9.17, 15) is 9.59 Å². The van der Waals surface area contributed by atoms with Crippen molar-refractivity contribution in [1.82, 2.24) is 20.2 Å². The number of amides is 2. The minimum atomic E-state index is -0.193. The van der Waals surface area contributed by atoms with Crippen LogP contribution in [0.3, 0.4) is 0 Å². The molecule has 7 heteroatoms. The Morgan fingerprint density at radius 3 is 2.89 bits per heavy atom. The van der Waals surface area contributed by atoms with E-state index in [-0.39, 0.29) is 11.8 Å². The Balaban J connectivity index is 2.07. The van der Waals surface area contributed by atoms with Crippen LogP contribution in [0.5, 0.6) is 0 Å². The Hall–Kier alpha value is -2.18. The van der Waals surface area contributed by atoms with E-state index in [4.69, 9.17) is 0 Å². The molecule has 18 heavy (non-hydrogen) atoms. The number of anilines is 1. The third-order valence-electron chi connectivity index (χ3n) is 2.73. The summed E-state index contributed by atoms with van der Waals surface area (Å²) in [4.78, 5) is 33.0. The summed E-state index contributed by atoms with van der Waals surface area (Å²) < 4.78 is 0. The van der Waals surface area contributed by atoms with Crippen LogP contribution in [0.25, 0.3) is 0 Å². The monoisotopic (exact) mass is 249 g/mol. The maximum absolute atomic E-state index is 12.1. The fourth-order valence-corrected chi connectivity index (χ4v) is 1.70. The van der Waals surface area contributed by atoms with E-state index in [0.717, 1.165) is 0 Å². The Morgan fingerprint density at radius 1 is 1.39 bits per heavy atom. The second-order valence-corrected chi connectivity index (χ2v) is 3.93. The van der Waals surface area contributed by atoms with E-state index < -0.39 is 0 Å². The van der Waals surface area contributed by atoms with E-state index in [1.807, 2.05) is 0 Å². The molecule has 0 spiro atoms. The number of rotatable bonds is 2. The molecule has 2 heterocycles. The first kappa shape index (κ1) is 12.3. The summed E-state index contributed by atoms with van der Waals surface area (Å²) in [6.45, 7) is 1.40. The minimum absolute atomic E-state index is 0.0260. The molecule has 0 unspecified atom stereocenters. The lowest BCUT2D eigenvalue weighted by molar-refractivity contribution is -0.120. The molecule has 1 fully saturated rings. The molecule has 2 N–H and O–H groups in total. The van der Waals surface area contributed by atoms with Gasteiger partial charge >= 0.3 is 0 Å². The molecule has 0 bridgehead atoms. The van der Waals surface area contributed by atoms with Gasteiger partial charge in [0.05, 0.1) is 12.4 Å². The maximum atomic E-state index is 12.1. The van der Waals surface area contributed by atoms with Gasteiger partial charge in [-0.1, -0.05) is 0 Å². The van der Waals surface area contributed by atoms with Crippen LogP contribution in [0.4, 0.5) is 5.82 Å². The molecule has 0 radical (unpaired) electrons. The van der Waals surface area contributed by atoms with Crippen molar-refractivity contribution in [1.29, 1.82) is 0 Å². The van der Waals surface area contributed by atoms with Crippen molar-refractivity contribution < 1.29 is 9.59 Å². The molecule has 1 saturated heterocycles. The predicted molar refractivity (Wildman–Crippen MR) is 65.1 cm³/mol. The van der Waals surface area contributed by atoms with Crippen molar-refractivity contribution in [3.63, 3.8) is 0 Å². The molecule has 1 aliphatic rings. The summed E-state index contributed by atoms with van der Waals surface area (Å²) >= 11 is 0. The topological polar surface area (TPSA) is 87.2 Å². The van der Waals surface area contributed by atoms with E-state index in [2.05, 4.69) is 20.6 Å². The fourth-order valence-electron chi connectivity index (χ4n) is 1.70. The summed E-state index contributed by atoms with van der Waals surface area (Å²) in [6.07, 6.45) is 3.27. The van der Waals surface area contributed by atoms with Gasteiger partial charge in [-0.25, -0.2) is 9.97 Å². The zero-order valence-electron chi connectivity index (χ0n) is 10.1. The van der Waals surface area contributed by atoms with E-state index in [0.29, 0.717) is 37.6 Å². The van der Waals surface area contributed by atoms with Crippen LogP contribution >= 0.6 is 0 Å². The lowest BCUT2D eigenvalue weighted by Gasteiger charge is -2.18. The first-order valence-corrected chi connectivity index (χ1v) is 5.76. The van der Waals surface area contributed by atoms with Crippen LogP contribution in [-0.4, -0.2) is 53.4 Å². The summed E-state index contributed by atoms with van der Waals surface area (Å²) in [5, 5.41) is 5.56. The maximum Gasteiger partial charge on any atom is 0.274 e. The molecule has 2 amide bonds. The summed E-state index contributed by atoms with van der Waals surface area (Å²) in [5.74, 6) is 0.392. The largest absolute Gasteiger partial charge is 0.372 e. The average molecular weight is 249 g/mol. The first-order chi connectivity index (χ1) is 8.70. The van der Waals surface area contributed by atoms with E-state index in [1.165, 1.54) is 12.4 Å². The molecule has 2 rings (SSSR count). The zero-order valence-corrected chi connectivity index (χ0v) is 10.1. The van der Waals surface area contributed by atoms with Gasteiger partial charge in [0.2, 0.25) is 5.91 Å². The highest BCUT2D eigenvalue weighted by atomic mass is 16.2. The number of hydrogen-bond donors (Lipinski definition) is 2. The fraction of sp³-hybridized carbons (Fsp3) is 0.455. The van der Waals surface area contributed by atoms with Gasteiger partial charge in [-0.3, -0.25) is 9.59 Å². The molecule has 1 aromatic rings. The second-order valence-electron chi connectivity index (χ2n) is 3.93. The molecular weight excluding hydrogens is 234 g/mol. The highest BCUT2D eigenvalue weighted by molar-refractivity contribution is 5.92. The van der Waals surface area contributed by atoms with Gasteiger partial charge in [0.25, 0.3) is 5.91 Å². The normalized spacial score (nSPS) is 15.8. The molecule has 0 aliphatic carbocycles. The highest BCUT2D eigenvalue weighted by Gasteiger charge is 2.20. The second kappa shape index (κ2) is 5.44. The minimum Gasteiger partial charge on any atom is -0.372 e. The number of nitrogens with one attached hydrogen (secondary N) is 2. The Labute approximate surface area is 105 Å². The molecule has 0 saturated carbocycles. The Kier molecular flexibility index (Phi) is 3.71. The first-order valence-electron chi connectivity index (χ1n) is 5.76. The number of hydrogen-bond acceptors (Lipinski definition) is 5. The molecule has 96 valence electrons. The van der Waals surface area contributed by atoms with Gasteiger partial charge in [0.1, 0.15) is 11.5 Å².